The Morgan fingerprint density at radius 3 is 2.59 bits per heavy atom. The van der Waals surface area contributed by atoms with Crippen LogP contribution in [0.2, 0.25) is 0 Å². The third-order valence-corrected chi connectivity index (χ3v) is 6.69. The van der Waals surface area contributed by atoms with Crippen LogP contribution >= 0.6 is 0 Å². The molecule has 1 saturated heterocycles. The zero-order chi connectivity index (χ0) is 23.1. The van der Waals surface area contributed by atoms with E-state index in [9.17, 15) is 9.59 Å². The van der Waals surface area contributed by atoms with Gasteiger partial charge in [-0.1, -0.05) is 69.7 Å². The standard InChI is InChI=1S/C27H39N3O2/c1-4-9-24(26(28)31)25(16-19(2)3)27(32)30-15-8-13-22(18-30)29-17-21-12-7-11-20-10-5-6-14-23(20)21/h5-7,10-12,14,19,22,24-25,29H,4,8-9,13,15-18H2,1-3H3,(H2,28,31)/t22-,24?,25?/m1/s1. The Morgan fingerprint density at radius 1 is 1.12 bits per heavy atom. The van der Waals surface area contributed by atoms with Crippen molar-refractivity contribution in [3.63, 3.8) is 0 Å². The van der Waals surface area contributed by atoms with Crippen LogP contribution in [0.1, 0.15) is 58.4 Å². The molecule has 2 aromatic carbocycles. The second kappa shape index (κ2) is 11.5. The Labute approximate surface area is 192 Å². The van der Waals surface area contributed by atoms with Crippen molar-refractivity contribution in [1.29, 1.82) is 0 Å². The van der Waals surface area contributed by atoms with Crippen molar-refractivity contribution in [3.05, 3.63) is 48.0 Å². The minimum absolute atomic E-state index is 0.104. The lowest BCUT2D eigenvalue weighted by atomic mass is 9.81. The third-order valence-electron chi connectivity index (χ3n) is 6.69. The van der Waals surface area contributed by atoms with Crippen molar-refractivity contribution < 1.29 is 9.59 Å². The lowest BCUT2D eigenvalue weighted by Crippen LogP contribution is -2.51. The number of hydrogen-bond acceptors (Lipinski definition) is 3. The summed E-state index contributed by atoms with van der Waals surface area (Å²) in [5, 5.41) is 6.20. The molecule has 174 valence electrons. The van der Waals surface area contributed by atoms with E-state index in [2.05, 4.69) is 61.6 Å². The summed E-state index contributed by atoms with van der Waals surface area (Å²) in [5.74, 6) is -0.586. The van der Waals surface area contributed by atoms with Crippen LogP contribution in [0, 0.1) is 17.8 Å². The Balaban J connectivity index is 1.67. The van der Waals surface area contributed by atoms with Crippen molar-refractivity contribution in [2.24, 2.45) is 23.5 Å². The Morgan fingerprint density at radius 2 is 1.88 bits per heavy atom. The highest BCUT2D eigenvalue weighted by Gasteiger charge is 2.36. The number of carbonyl (C=O) groups is 2. The number of piperidine rings is 1. The van der Waals surface area contributed by atoms with Crippen LogP contribution in [0.3, 0.4) is 0 Å². The maximum atomic E-state index is 13.5. The minimum atomic E-state index is -0.376. The van der Waals surface area contributed by atoms with Gasteiger partial charge >= 0.3 is 0 Å². The summed E-state index contributed by atoms with van der Waals surface area (Å²) in [6.07, 6.45) is 4.26. The summed E-state index contributed by atoms with van der Waals surface area (Å²) in [6.45, 7) is 8.49. The summed E-state index contributed by atoms with van der Waals surface area (Å²) in [5.41, 5.74) is 7.01. The number of rotatable bonds is 10. The van der Waals surface area contributed by atoms with E-state index >= 15 is 0 Å². The molecule has 0 saturated carbocycles. The normalized spacial score (nSPS) is 18.6. The van der Waals surface area contributed by atoms with Crippen LogP contribution in [0.5, 0.6) is 0 Å². The van der Waals surface area contributed by atoms with E-state index in [1.807, 2.05) is 11.8 Å². The average molecular weight is 438 g/mol. The molecule has 0 radical (unpaired) electrons. The quantitative estimate of drug-likeness (QED) is 0.575. The molecule has 3 N–H and O–H groups in total. The second-order valence-electron chi connectivity index (χ2n) is 9.68. The number of carbonyl (C=O) groups excluding carboxylic acids is 2. The number of benzene rings is 2. The Bertz CT molecular complexity index is 905. The molecule has 1 fully saturated rings. The summed E-state index contributed by atoms with van der Waals surface area (Å²) in [7, 11) is 0. The maximum Gasteiger partial charge on any atom is 0.226 e. The van der Waals surface area contributed by atoms with Gasteiger partial charge in [0.25, 0.3) is 0 Å². The molecule has 0 bridgehead atoms. The topological polar surface area (TPSA) is 75.4 Å². The fourth-order valence-electron chi connectivity index (χ4n) is 5.08. The lowest BCUT2D eigenvalue weighted by molar-refractivity contribution is -0.143. The van der Waals surface area contributed by atoms with Gasteiger partial charge in [0.15, 0.2) is 0 Å². The molecule has 1 aliphatic heterocycles. The molecule has 3 rings (SSSR count). The number of nitrogens with one attached hydrogen (secondary N) is 1. The third kappa shape index (κ3) is 6.10. The van der Waals surface area contributed by atoms with Gasteiger partial charge in [-0.05, 0) is 47.9 Å². The average Bonchev–Trinajstić information content (AvgIpc) is 2.79. The largest absolute Gasteiger partial charge is 0.369 e. The molecule has 2 unspecified atom stereocenters. The molecule has 5 nitrogen and oxygen atoms in total. The first kappa shape index (κ1) is 24.2. The molecule has 2 amide bonds. The molecule has 1 heterocycles. The second-order valence-corrected chi connectivity index (χ2v) is 9.68. The van der Waals surface area contributed by atoms with E-state index in [0.717, 1.165) is 32.4 Å². The molecule has 1 aliphatic rings. The van der Waals surface area contributed by atoms with Crippen LogP contribution in [0.4, 0.5) is 0 Å². The van der Waals surface area contributed by atoms with Gasteiger partial charge in [0.05, 0.1) is 0 Å². The van der Waals surface area contributed by atoms with Gasteiger partial charge in [-0.25, -0.2) is 0 Å². The first-order valence-corrected chi connectivity index (χ1v) is 12.2. The maximum absolute atomic E-state index is 13.5. The molecule has 3 atom stereocenters. The van der Waals surface area contributed by atoms with Crippen LogP contribution in [-0.2, 0) is 16.1 Å². The molecular weight excluding hydrogens is 398 g/mol. The van der Waals surface area contributed by atoms with E-state index in [4.69, 9.17) is 5.73 Å². The molecule has 0 aliphatic carbocycles. The number of primary amides is 1. The Hall–Kier alpha value is -2.40. The highest BCUT2D eigenvalue weighted by atomic mass is 16.2. The summed E-state index contributed by atoms with van der Waals surface area (Å²) < 4.78 is 0. The van der Waals surface area contributed by atoms with Crippen LogP contribution in [0.25, 0.3) is 10.8 Å². The Kier molecular flexibility index (Phi) is 8.68. The monoisotopic (exact) mass is 437 g/mol. The van der Waals surface area contributed by atoms with E-state index in [0.29, 0.717) is 25.3 Å². The number of likely N-dealkylation sites (tertiary alicyclic amines) is 1. The molecule has 2 aromatic rings. The predicted molar refractivity (Wildman–Crippen MR) is 131 cm³/mol. The smallest absolute Gasteiger partial charge is 0.226 e. The molecule has 0 aromatic heterocycles. The fraction of sp³-hybridized carbons (Fsp3) is 0.556. The van der Waals surface area contributed by atoms with Gasteiger partial charge in [-0.2, -0.15) is 0 Å². The van der Waals surface area contributed by atoms with E-state index in [-0.39, 0.29) is 29.7 Å². The van der Waals surface area contributed by atoms with Crippen molar-refractivity contribution in [3.8, 4) is 0 Å². The van der Waals surface area contributed by atoms with Gasteiger partial charge in [0.2, 0.25) is 11.8 Å². The number of nitrogens with two attached hydrogens (primary N) is 1. The SMILES string of the molecule is CCCC(C(N)=O)C(CC(C)C)C(=O)N1CCC[C@@H](NCc2cccc3ccccc23)C1. The van der Waals surface area contributed by atoms with E-state index in [1.54, 1.807) is 0 Å². The highest BCUT2D eigenvalue weighted by Crippen LogP contribution is 2.28. The first-order valence-electron chi connectivity index (χ1n) is 12.2. The van der Waals surface area contributed by atoms with Crippen LogP contribution in [-0.4, -0.2) is 35.8 Å². The van der Waals surface area contributed by atoms with Gasteiger partial charge in [0, 0.05) is 37.5 Å². The molecule has 5 heteroatoms. The lowest BCUT2D eigenvalue weighted by Gasteiger charge is -2.37. The zero-order valence-corrected chi connectivity index (χ0v) is 19.8. The van der Waals surface area contributed by atoms with Crippen molar-refractivity contribution >= 4 is 22.6 Å². The molecular formula is C27H39N3O2. The van der Waals surface area contributed by atoms with Gasteiger partial charge in [0.1, 0.15) is 0 Å². The first-order chi connectivity index (χ1) is 15.4. The van der Waals surface area contributed by atoms with E-state index in [1.165, 1.54) is 16.3 Å². The van der Waals surface area contributed by atoms with Gasteiger partial charge < -0.3 is 16.0 Å². The van der Waals surface area contributed by atoms with Crippen LogP contribution < -0.4 is 11.1 Å². The van der Waals surface area contributed by atoms with Crippen molar-refractivity contribution in [2.75, 3.05) is 13.1 Å². The summed E-state index contributed by atoms with van der Waals surface area (Å²) in [4.78, 5) is 27.7. The van der Waals surface area contributed by atoms with E-state index < -0.39 is 0 Å². The minimum Gasteiger partial charge on any atom is -0.369 e. The van der Waals surface area contributed by atoms with Gasteiger partial charge in [-0.3, -0.25) is 9.59 Å². The van der Waals surface area contributed by atoms with Crippen LogP contribution in [0.15, 0.2) is 42.5 Å². The predicted octanol–water partition coefficient (Wildman–Crippen LogP) is 4.48. The number of fused-ring (bicyclic) bond motifs is 1. The fourth-order valence-corrected chi connectivity index (χ4v) is 5.08. The number of nitrogens with zero attached hydrogens (tertiary/aromatic N) is 1. The molecule has 32 heavy (non-hydrogen) atoms. The summed E-state index contributed by atoms with van der Waals surface area (Å²) in [6, 6.07) is 15.1. The number of amides is 2. The van der Waals surface area contributed by atoms with Crippen molar-refractivity contribution in [2.45, 2.75) is 65.5 Å². The molecule has 0 spiro atoms. The zero-order valence-electron chi connectivity index (χ0n) is 19.8. The number of hydrogen-bond donors (Lipinski definition) is 2. The van der Waals surface area contributed by atoms with Crippen molar-refractivity contribution in [1.82, 2.24) is 10.2 Å². The van der Waals surface area contributed by atoms with Gasteiger partial charge in [-0.15, -0.1) is 0 Å². The summed E-state index contributed by atoms with van der Waals surface area (Å²) >= 11 is 0. The highest BCUT2D eigenvalue weighted by molar-refractivity contribution is 5.87.